The molecule has 0 aromatic heterocycles. The van der Waals surface area contributed by atoms with E-state index >= 15 is 0 Å². The van der Waals surface area contributed by atoms with Gasteiger partial charge in [0.1, 0.15) is 30.8 Å². The average Bonchev–Trinajstić information content (AvgIpc) is 3.28. The number of carbonyl (C=O) groups is 2. The van der Waals surface area contributed by atoms with Crippen LogP contribution in [0.1, 0.15) is 30.5 Å². The molecule has 214 valence electrons. The highest BCUT2D eigenvalue weighted by molar-refractivity contribution is 6.64. The molecule has 9 nitrogen and oxygen atoms in total. The molecule has 0 amide bonds. The molecule has 41 heavy (non-hydrogen) atoms. The number of aryl methyl sites for hydroxylation is 2. The van der Waals surface area contributed by atoms with E-state index in [9.17, 15) is 9.59 Å². The molecule has 2 aliphatic heterocycles. The van der Waals surface area contributed by atoms with Crippen LogP contribution in [0, 0.1) is 13.8 Å². The van der Waals surface area contributed by atoms with E-state index in [1.807, 2.05) is 26.0 Å². The fourth-order valence-corrected chi connectivity index (χ4v) is 4.95. The van der Waals surface area contributed by atoms with Crippen LogP contribution in [0.2, 0.25) is 0 Å². The average molecular weight is 559 g/mol. The van der Waals surface area contributed by atoms with Crippen molar-refractivity contribution in [2.75, 3.05) is 26.3 Å². The predicted molar refractivity (Wildman–Crippen MR) is 153 cm³/mol. The number of ether oxygens (including phenoxy) is 4. The van der Waals surface area contributed by atoms with Gasteiger partial charge in [-0.15, -0.1) is 0 Å². The molecular formula is C31H34BNO8. The van der Waals surface area contributed by atoms with E-state index < -0.39 is 24.8 Å². The fraction of sp³-hybridized carbons (Fsp3) is 0.355. The Kier molecular flexibility index (Phi) is 8.63. The van der Waals surface area contributed by atoms with E-state index in [1.165, 1.54) is 0 Å². The molecule has 1 N–H and O–H groups in total. The summed E-state index contributed by atoms with van der Waals surface area (Å²) in [6.07, 6.45) is -0.0906. The summed E-state index contributed by atoms with van der Waals surface area (Å²) in [5, 5.41) is 2.66. The highest BCUT2D eigenvalue weighted by Crippen LogP contribution is 2.32. The second-order valence-corrected chi connectivity index (χ2v) is 10.7. The van der Waals surface area contributed by atoms with E-state index in [1.54, 1.807) is 24.3 Å². The zero-order valence-electron chi connectivity index (χ0n) is 23.7. The number of hydrogen-bond donors (Lipinski definition) is 1. The molecule has 10 heteroatoms. The Morgan fingerprint density at radius 3 is 2.22 bits per heavy atom. The van der Waals surface area contributed by atoms with Crippen molar-refractivity contribution in [1.29, 1.82) is 0 Å². The fourth-order valence-electron chi connectivity index (χ4n) is 4.95. The van der Waals surface area contributed by atoms with Crippen LogP contribution in [0.15, 0.2) is 60.7 Å². The molecule has 0 radical (unpaired) electrons. The van der Waals surface area contributed by atoms with Gasteiger partial charge in [-0.25, -0.2) is 0 Å². The summed E-state index contributed by atoms with van der Waals surface area (Å²) in [7, 11) is -1.08. The van der Waals surface area contributed by atoms with Crippen LogP contribution in [-0.4, -0.2) is 57.3 Å². The molecule has 2 heterocycles. The summed E-state index contributed by atoms with van der Waals surface area (Å²) >= 11 is 0. The third-order valence-corrected chi connectivity index (χ3v) is 6.80. The maximum absolute atomic E-state index is 11.8. The first-order valence-corrected chi connectivity index (χ1v) is 13.6. The van der Waals surface area contributed by atoms with Gasteiger partial charge in [0.25, 0.3) is 0 Å². The van der Waals surface area contributed by atoms with Crippen molar-refractivity contribution in [2.45, 2.75) is 46.2 Å². The monoisotopic (exact) mass is 559 g/mol. The largest absolute Gasteiger partial charge is 0.636 e. The number of rotatable bonds is 8. The second kappa shape index (κ2) is 12.3. The molecule has 2 saturated heterocycles. The minimum absolute atomic E-state index is 0.0485. The summed E-state index contributed by atoms with van der Waals surface area (Å²) in [5.41, 5.74) is 6.05. The van der Waals surface area contributed by atoms with Gasteiger partial charge >= 0.3 is 19.1 Å². The minimum Gasteiger partial charge on any atom is -0.494 e. The van der Waals surface area contributed by atoms with Gasteiger partial charge in [0.05, 0.1) is 19.7 Å². The van der Waals surface area contributed by atoms with E-state index in [2.05, 4.69) is 43.4 Å². The summed E-state index contributed by atoms with van der Waals surface area (Å²) in [5.74, 6) is -0.110. The molecular weight excluding hydrogens is 525 g/mol. The molecule has 3 aromatic carbocycles. The van der Waals surface area contributed by atoms with E-state index in [4.69, 9.17) is 28.3 Å². The van der Waals surface area contributed by atoms with Crippen molar-refractivity contribution < 1.29 is 37.8 Å². The topological polar surface area (TPSA) is 102 Å². The van der Waals surface area contributed by atoms with Gasteiger partial charge in [0, 0.05) is 5.46 Å². The van der Waals surface area contributed by atoms with Crippen LogP contribution in [-0.2, 0) is 35.0 Å². The summed E-state index contributed by atoms with van der Waals surface area (Å²) in [6, 6.07) is 19.3. The first kappa shape index (κ1) is 28.7. The lowest BCUT2D eigenvalue weighted by Gasteiger charge is -2.18. The van der Waals surface area contributed by atoms with Crippen molar-refractivity contribution in [3.63, 3.8) is 0 Å². The van der Waals surface area contributed by atoms with Crippen molar-refractivity contribution in [1.82, 2.24) is 5.32 Å². The molecule has 5 rings (SSSR count). The summed E-state index contributed by atoms with van der Waals surface area (Å²) in [4.78, 5) is 23.6. The molecule has 0 bridgehead atoms. The number of benzene rings is 3. The van der Waals surface area contributed by atoms with Gasteiger partial charge in [0.2, 0.25) is 0 Å². The lowest BCUT2D eigenvalue weighted by atomic mass is 9.78. The lowest BCUT2D eigenvalue weighted by molar-refractivity contribution is -0.142. The van der Waals surface area contributed by atoms with Crippen LogP contribution in [0.25, 0.3) is 11.1 Å². The smallest absolute Gasteiger partial charge is 0.494 e. The van der Waals surface area contributed by atoms with Crippen molar-refractivity contribution in [3.05, 3.63) is 77.4 Å². The quantitative estimate of drug-likeness (QED) is 0.416. The zero-order valence-corrected chi connectivity index (χ0v) is 23.7. The van der Waals surface area contributed by atoms with Gasteiger partial charge in [-0.1, -0.05) is 30.3 Å². The van der Waals surface area contributed by atoms with Gasteiger partial charge in [-0.3, -0.25) is 14.9 Å². The van der Waals surface area contributed by atoms with Crippen molar-refractivity contribution in [2.24, 2.45) is 0 Å². The molecule has 3 aromatic rings. The first-order chi connectivity index (χ1) is 19.6. The molecule has 2 fully saturated rings. The first-order valence-electron chi connectivity index (χ1n) is 13.6. The van der Waals surface area contributed by atoms with Gasteiger partial charge in [-0.2, -0.15) is 0 Å². The Hall–Kier alpha value is -3.86. The van der Waals surface area contributed by atoms with E-state index in [0.717, 1.165) is 33.6 Å². The van der Waals surface area contributed by atoms with Gasteiger partial charge in [0.15, 0.2) is 5.79 Å². The summed E-state index contributed by atoms with van der Waals surface area (Å²) in [6.45, 7) is 9.20. The summed E-state index contributed by atoms with van der Waals surface area (Å²) < 4.78 is 34.0. The second-order valence-electron chi connectivity index (χ2n) is 10.7. The van der Waals surface area contributed by atoms with Crippen LogP contribution in [0.3, 0.4) is 0 Å². The third kappa shape index (κ3) is 7.46. The highest BCUT2D eigenvalue weighted by atomic mass is 16.7. The Labute approximate surface area is 240 Å². The third-order valence-electron chi connectivity index (χ3n) is 6.80. The van der Waals surface area contributed by atoms with Crippen molar-refractivity contribution in [3.8, 4) is 22.6 Å². The SMILES string of the molecule is Cc1cc(OC[C@H]2COC(C)(C)O2)cc(C)c1-c1cccc(COc2ccc(B3OC(=O)CNCC(=O)O3)cc2)c1. The Balaban J connectivity index is 1.21. The molecule has 0 aliphatic carbocycles. The van der Waals surface area contributed by atoms with Crippen LogP contribution in [0.4, 0.5) is 0 Å². The molecule has 0 saturated carbocycles. The molecule has 0 spiro atoms. The number of carbonyl (C=O) groups excluding carboxylic acids is 2. The highest BCUT2D eigenvalue weighted by Gasteiger charge is 2.33. The lowest BCUT2D eigenvalue weighted by Crippen LogP contribution is -2.47. The van der Waals surface area contributed by atoms with Crippen LogP contribution >= 0.6 is 0 Å². The Morgan fingerprint density at radius 2 is 1.59 bits per heavy atom. The maximum Gasteiger partial charge on any atom is 0.636 e. The zero-order chi connectivity index (χ0) is 29.0. The standard InChI is InChI=1S/C31H34BNO8/c1-20-12-26(37-18-27-19-38-31(3,4)39-27)13-21(2)30(20)23-7-5-6-22(14-23)17-36-25-10-8-24(9-11-25)32-40-28(34)15-33-16-29(35)41-32/h5-14,27,33H,15-19H2,1-4H3/t27-/m0/s1. The Morgan fingerprint density at radius 1 is 0.902 bits per heavy atom. The van der Waals surface area contributed by atoms with Crippen molar-refractivity contribution >= 4 is 24.5 Å². The van der Waals surface area contributed by atoms with E-state index in [0.29, 0.717) is 31.0 Å². The normalized spacial score (nSPS) is 18.7. The molecule has 1 atom stereocenters. The number of hydrogen-bond acceptors (Lipinski definition) is 9. The van der Waals surface area contributed by atoms with Crippen LogP contribution in [0.5, 0.6) is 11.5 Å². The minimum atomic E-state index is -1.08. The van der Waals surface area contributed by atoms with Crippen LogP contribution < -0.4 is 20.3 Å². The number of nitrogens with one attached hydrogen (secondary N) is 1. The van der Waals surface area contributed by atoms with Gasteiger partial charge < -0.3 is 28.3 Å². The van der Waals surface area contributed by atoms with Gasteiger partial charge in [-0.05, 0) is 85.8 Å². The van der Waals surface area contributed by atoms with E-state index in [-0.39, 0.29) is 19.2 Å². The molecule has 0 unspecified atom stereocenters. The Bertz CT molecular complexity index is 1370. The predicted octanol–water partition coefficient (Wildman–Crippen LogP) is 3.46. The molecule has 2 aliphatic rings. The maximum atomic E-state index is 11.8.